The van der Waals surface area contributed by atoms with Crippen LogP contribution in [0.15, 0.2) is 47.4 Å². The fraction of sp³-hybridized carbons (Fsp3) is 0.500. The lowest BCUT2D eigenvalue weighted by atomic mass is 9.73. The lowest BCUT2D eigenvalue weighted by Crippen LogP contribution is -2.51. The van der Waals surface area contributed by atoms with Gasteiger partial charge >= 0.3 is 18.0 Å². The van der Waals surface area contributed by atoms with Crippen molar-refractivity contribution >= 4 is 9.84 Å². The highest BCUT2D eigenvalue weighted by Gasteiger charge is 2.73. The fourth-order valence-corrected chi connectivity index (χ4v) is 8.43. The number of hydrogen-bond acceptors (Lipinski definition) is 3. The molecule has 2 aromatic rings. The first kappa shape index (κ1) is 26.8. The zero-order valence-electron chi connectivity index (χ0n) is 19.2. The van der Waals surface area contributed by atoms with E-state index >= 15 is 0 Å². The number of fused-ring (bicyclic) bond motifs is 3. The summed E-state index contributed by atoms with van der Waals surface area (Å²) in [6, 6.07) is 5.64. The van der Waals surface area contributed by atoms with Crippen LogP contribution >= 0.6 is 0 Å². The van der Waals surface area contributed by atoms with Crippen LogP contribution in [0.1, 0.15) is 36.0 Å². The summed E-state index contributed by atoms with van der Waals surface area (Å²) in [6.45, 7) is 0. The predicted molar refractivity (Wildman–Crippen MR) is 115 cm³/mol. The van der Waals surface area contributed by atoms with Gasteiger partial charge in [-0.3, -0.25) is 0 Å². The Morgan fingerprint density at radius 2 is 1.47 bits per heavy atom. The third-order valence-corrected chi connectivity index (χ3v) is 10.2. The number of benzene rings is 2. The molecule has 2 aromatic carbocycles. The molecule has 0 amide bonds. The Kier molecular flexibility index (Phi) is 6.27. The molecular weight excluding hydrogens is 518 g/mol. The lowest BCUT2D eigenvalue weighted by molar-refractivity contribution is -0.348. The maximum absolute atomic E-state index is 14.8. The minimum absolute atomic E-state index is 0.0232. The van der Waals surface area contributed by atoms with Crippen molar-refractivity contribution in [1.82, 2.24) is 4.90 Å². The molecule has 3 atom stereocenters. The van der Waals surface area contributed by atoms with Gasteiger partial charge in [-0.15, -0.1) is 0 Å². The maximum Gasteiger partial charge on any atom is 0.435 e. The third-order valence-electron chi connectivity index (χ3n) is 7.61. The normalized spacial score (nSPS) is 25.1. The standard InChI is InChI=1S/C24H23F8NO2S/c1-33(2)20-11-12-21(36(34,35)17-7-5-16(25)6-8-17)18-10-4-15(13-14(18)3-9-19(20)21)22(26,23(27,28)29)24(30,31)32/h4-8,10,13,19-20H,3,9,11-12H2,1-2H3/t19-,20+,21+/m0/s1. The van der Waals surface area contributed by atoms with E-state index in [1.165, 1.54) is 0 Å². The second kappa shape index (κ2) is 8.41. The van der Waals surface area contributed by atoms with Crippen LogP contribution in [0.5, 0.6) is 0 Å². The van der Waals surface area contributed by atoms with Crippen LogP contribution in [-0.4, -0.2) is 45.8 Å². The van der Waals surface area contributed by atoms with Gasteiger partial charge in [0.1, 0.15) is 10.6 Å². The van der Waals surface area contributed by atoms with Crippen LogP contribution in [0.2, 0.25) is 0 Å². The molecule has 0 N–H and O–H groups in total. The molecule has 2 aliphatic carbocycles. The first-order valence-electron chi connectivity index (χ1n) is 11.1. The summed E-state index contributed by atoms with van der Waals surface area (Å²) in [5.41, 5.74) is -7.28. The largest absolute Gasteiger partial charge is 0.435 e. The van der Waals surface area contributed by atoms with Crippen molar-refractivity contribution in [3.63, 3.8) is 0 Å². The van der Waals surface area contributed by atoms with E-state index in [0.29, 0.717) is 18.6 Å². The molecule has 4 rings (SSSR count). The van der Waals surface area contributed by atoms with Gasteiger partial charge in [-0.1, -0.05) is 18.2 Å². The van der Waals surface area contributed by atoms with Crippen molar-refractivity contribution in [2.24, 2.45) is 5.92 Å². The average molecular weight is 542 g/mol. The number of aryl methyl sites for hydroxylation is 1. The van der Waals surface area contributed by atoms with Crippen molar-refractivity contribution in [3.05, 3.63) is 65.0 Å². The van der Waals surface area contributed by atoms with Crippen LogP contribution in [-0.2, 0) is 26.7 Å². The maximum atomic E-state index is 14.8. The monoisotopic (exact) mass is 541 g/mol. The lowest BCUT2D eigenvalue weighted by Gasteiger charge is -2.43. The number of nitrogens with zero attached hydrogens (tertiary/aromatic N) is 1. The minimum atomic E-state index is -6.28. The molecule has 0 radical (unpaired) electrons. The van der Waals surface area contributed by atoms with Crippen molar-refractivity contribution in [2.75, 3.05) is 14.1 Å². The molecule has 36 heavy (non-hydrogen) atoms. The van der Waals surface area contributed by atoms with Crippen LogP contribution < -0.4 is 0 Å². The molecule has 198 valence electrons. The van der Waals surface area contributed by atoms with E-state index in [1.807, 2.05) is 4.90 Å². The van der Waals surface area contributed by atoms with E-state index in [9.17, 15) is 43.5 Å². The summed E-state index contributed by atoms with van der Waals surface area (Å²) in [7, 11) is -0.778. The molecule has 0 aromatic heterocycles. The molecule has 12 heteroatoms. The summed E-state index contributed by atoms with van der Waals surface area (Å²) < 4.78 is 135. The molecule has 1 saturated carbocycles. The van der Waals surface area contributed by atoms with E-state index in [1.54, 1.807) is 14.1 Å². The summed E-state index contributed by atoms with van der Waals surface area (Å²) in [5.74, 6) is -1.21. The van der Waals surface area contributed by atoms with Gasteiger partial charge in [0.25, 0.3) is 0 Å². The van der Waals surface area contributed by atoms with E-state index < -0.39 is 49.9 Å². The number of hydrogen-bond donors (Lipinski definition) is 0. The second-order valence-corrected chi connectivity index (χ2v) is 11.8. The highest BCUT2D eigenvalue weighted by Crippen LogP contribution is 2.59. The molecule has 2 aliphatic rings. The van der Waals surface area contributed by atoms with Crippen molar-refractivity contribution in [1.29, 1.82) is 0 Å². The molecule has 0 heterocycles. The smallest absolute Gasteiger partial charge is 0.306 e. The van der Waals surface area contributed by atoms with Gasteiger partial charge in [-0.2, -0.15) is 26.3 Å². The van der Waals surface area contributed by atoms with Crippen molar-refractivity contribution in [3.8, 4) is 0 Å². The zero-order chi connectivity index (χ0) is 26.9. The molecule has 3 nitrogen and oxygen atoms in total. The van der Waals surface area contributed by atoms with Crippen LogP contribution in [0, 0.1) is 11.7 Å². The minimum Gasteiger partial charge on any atom is -0.306 e. The first-order valence-corrected chi connectivity index (χ1v) is 12.6. The van der Waals surface area contributed by atoms with Crippen LogP contribution in [0.25, 0.3) is 0 Å². The Hall–Kier alpha value is -2.21. The SMILES string of the molecule is CN(C)[C@@H]1CC[C@@]2(S(=O)(=O)c3ccc(F)cc3)c3ccc(C(F)(C(F)(F)F)C(F)(F)F)cc3CC[C@@H]12. The summed E-state index contributed by atoms with van der Waals surface area (Å²) >= 11 is 0. The number of sulfone groups is 1. The Morgan fingerprint density at radius 3 is 2.00 bits per heavy atom. The van der Waals surface area contributed by atoms with Gasteiger partial charge in [0, 0.05) is 11.6 Å². The molecule has 0 spiro atoms. The second-order valence-electron chi connectivity index (χ2n) is 9.59. The Labute approximate surface area is 203 Å². The molecular formula is C24H23F8NO2S. The molecule has 0 saturated heterocycles. The quantitative estimate of drug-likeness (QED) is 0.348. The summed E-state index contributed by atoms with van der Waals surface area (Å²) in [5, 5.41) is 0. The predicted octanol–water partition coefficient (Wildman–Crippen LogP) is 6.07. The number of rotatable bonds is 4. The highest BCUT2D eigenvalue weighted by atomic mass is 32.2. The fourth-order valence-electron chi connectivity index (χ4n) is 5.97. The summed E-state index contributed by atoms with van der Waals surface area (Å²) in [4.78, 5) is 1.63. The van der Waals surface area contributed by atoms with Gasteiger partial charge in [-0.25, -0.2) is 17.2 Å². The van der Waals surface area contributed by atoms with E-state index in [2.05, 4.69) is 0 Å². The molecule has 1 fully saturated rings. The van der Waals surface area contributed by atoms with Crippen LogP contribution in [0.4, 0.5) is 35.1 Å². The first-order chi connectivity index (χ1) is 16.5. The third kappa shape index (κ3) is 3.66. The Morgan fingerprint density at radius 1 is 0.889 bits per heavy atom. The molecule has 0 unspecified atom stereocenters. The zero-order valence-corrected chi connectivity index (χ0v) is 20.0. The van der Waals surface area contributed by atoms with Gasteiger partial charge in [-0.05, 0) is 81.1 Å². The topological polar surface area (TPSA) is 37.4 Å². The number of alkyl halides is 7. The highest BCUT2D eigenvalue weighted by molar-refractivity contribution is 7.92. The van der Waals surface area contributed by atoms with Crippen molar-refractivity contribution < 1.29 is 43.5 Å². The van der Waals surface area contributed by atoms with E-state index in [-0.39, 0.29) is 41.3 Å². The summed E-state index contributed by atoms with van der Waals surface area (Å²) in [6.07, 6.45) is -12.0. The van der Waals surface area contributed by atoms with E-state index in [4.69, 9.17) is 0 Å². The van der Waals surface area contributed by atoms with Crippen molar-refractivity contribution in [2.45, 2.75) is 59.4 Å². The number of halogens is 8. The Bertz CT molecular complexity index is 1240. The van der Waals surface area contributed by atoms with Gasteiger partial charge in [0.15, 0.2) is 9.84 Å². The average Bonchev–Trinajstić information content (AvgIpc) is 3.19. The Balaban J connectivity index is 1.96. The van der Waals surface area contributed by atoms with E-state index in [0.717, 1.165) is 30.3 Å². The van der Waals surface area contributed by atoms with Gasteiger partial charge in [0.2, 0.25) is 0 Å². The molecule has 0 aliphatic heterocycles. The van der Waals surface area contributed by atoms with Gasteiger partial charge < -0.3 is 4.90 Å². The van der Waals surface area contributed by atoms with Gasteiger partial charge in [0.05, 0.1) is 4.90 Å². The van der Waals surface area contributed by atoms with Crippen LogP contribution in [0.3, 0.4) is 0 Å². The molecule has 0 bridgehead atoms.